The van der Waals surface area contributed by atoms with Crippen molar-refractivity contribution in [3.63, 3.8) is 0 Å². The zero-order chi connectivity index (χ0) is 16.1. The Balaban J connectivity index is 2.77. The average Bonchev–Trinajstić information content (AvgIpc) is 2.42. The van der Waals surface area contributed by atoms with Crippen molar-refractivity contribution in [3.05, 3.63) is 29.8 Å². The van der Waals surface area contributed by atoms with E-state index in [1.165, 1.54) is 18.2 Å². The molecule has 0 aliphatic carbocycles. The van der Waals surface area contributed by atoms with Crippen molar-refractivity contribution >= 4 is 25.8 Å². The van der Waals surface area contributed by atoms with Crippen LogP contribution in [0.15, 0.2) is 29.2 Å². The third-order valence-electron chi connectivity index (χ3n) is 2.69. The molecule has 3 N–H and O–H groups in total. The van der Waals surface area contributed by atoms with E-state index in [1.807, 2.05) is 0 Å². The summed E-state index contributed by atoms with van der Waals surface area (Å²) in [5.74, 6) is -0.453. The van der Waals surface area contributed by atoms with Crippen LogP contribution in [-0.2, 0) is 20.0 Å². The Bertz CT molecular complexity index is 711. The summed E-state index contributed by atoms with van der Waals surface area (Å²) in [6.45, 7) is 1.64. The number of carbonyl (C=O) groups excluding carboxylic acids is 1. The minimum absolute atomic E-state index is 0.0302. The molecule has 0 atom stereocenters. The van der Waals surface area contributed by atoms with Gasteiger partial charge in [0.15, 0.2) is 5.78 Å². The SMILES string of the molecule is CCC(=O)c1cccc(S(=O)(=O)NCCCS(N)(=O)=O)c1. The van der Waals surface area contributed by atoms with E-state index in [0.717, 1.165) is 0 Å². The molecular weight excluding hydrogens is 316 g/mol. The van der Waals surface area contributed by atoms with Crippen LogP contribution in [-0.4, -0.2) is 34.9 Å². The first-order chi connectivity index (χ1) is 9.65. The molecule has 0 saturated heterocycles. The Hall–Kier alpha value is -1.29. The summed E-state index contributed by atoms with van der Waals surface area (Å²) in [5.41, 5.74) is 0.324. The zero-order valence-corrected chi connectivity index (χ0v) is 13.2. The standard InChI is InChI=1S/C12H18N2O5S2/c1-2-12(15)10-5-3-6-11(9-10)21(18,19)14-7-4-8-20(13,16)17/h3,5-6,9,14H,2,4,7-8H2,1H3,(H2,13,16,17). The number of sulfonamides is 2. The molecule has 0 unspecified atom stereocenters. The Morgan fingerprint density at radius 3 is 2.48 bits per heavy atom. The third-order valence-corrected chi connectivity index (χ3v) is 5.00. The van der Waals surface area contributed by atoms with Crippen LogP contribution in [0, 0.1) is 0 Å². The molecule has 0 fully saturated rings. The predicted molar refractivity (Wildman–Crippen MR) is 78.8 cm³/mol. The molecule has 0 radical (unpaired) electrons. The molecule has 0 heterocycles. The third kappa shape index (κ3) is 5.92. The van der Waals surface area contributed by atoms with Gasteiger partial charge in [-0.05, 0) is 18.6 Å². The first-order valence-corrected chi connectivity index (χ1v) is 9.49. The summed E-state index contributed by atoms with van der Waals surface area (Å²) in [6, 6.07) is 5.70. The highest BCUT2D eigenvalue weighted by Gasteiger charge is 2.15. The summed E-state index contributed by atoms with van der Waals surface area (Å²) < 4.78 is 47.8. The van der Waals surface area contributed by atoms with Gasteiger partial charge >= 0.3 is 0 Å². The van der Waals surface area contributed by atoms with Gasteiger partial charge in [0.05, 0.1) is 10.6 Å². The molecule has 1 aromatic rings. The first-order valence-electron chi connectivity index (χ1n) is 6.29. The van der Waals surface area contributed by atoms with Gasteiger partial charge in [-0.3, -0.25) is 4.79 Å². The second kappa shape index (κ2) is 7.12. The lowest BCUT2D eigenvalue weighted by Crippen LogP contribution is -2.27. The minimum atomic E-state index is -3.78. The van der Waals surface area contributed by atoms with Crippen LogP contribution in [0.4, 0.5) is 0 Å². The number of carbonyl (C=O) groups is 1. The van der Waals surface area contributed by atoms with E-state index in [4.69, 9.17) is 5.14 Å². The number of hydrogen-bond donors (Lipinski definition) is 2. The lowest BCUT2D eigenvalue weighted by atomic mass is 10.1. The van der Waals surface area contributed by atoms with Crippen molar-refractivity contribution in [2.24, 2.45) is 5.14 Å². The van der Waals surface area contributed by atoms with Gasteiger partial charge in [0.1, 0.15) is 0 Å². The molecule has 0 aromatic heterocycles. The van der Waals surface area contributed by atoms with Crippen LogP contribution in [0.3, 0.4) is 0 Å². The zero-order valence-electron chi connectivity index (χ0n) is 11.6. The summed E-state index contributed by atoms with van der Waals surface area (Å²) >= 11 is 0. The van der Waals surface area contributed by atoms with Gasteiger partial charge < -0.3 is 0 Å². The lowest BCUT2D eigenvalue weighted by molar-refractivity contribution is 0.0988. The van der Waals surface area contributed by atoms with Crippen molar-refractivity contribution in [1.29, 1.82) is 0 Å². The Labute approximate surface area is 124 Å². The fourth-order valence-electron chi connectivity index (χ4n) is 1.60. The van der Waals surface area contributed by atoms with Gasteiger partial charge in [-0.1, -0.05) is 19.1 Å². The van der Waals surface area contributed by atoms with Crippen molar-refractivity contribution < 1.29 is 21.6 Å². The number of benzene rings is 1. The fraction of sp³-hybridized carbons (Fsp3) is 0.417. The summed E-state index contributed by atoms with van der Waals surface area (Å²) in [4.78, 5) is 11.5. The van der Waals surface area contributed by atoms with E-state index in [2.05, 4.69) is 4.72 Å². The van der Waals surface area contributed by atoms with Gasteiger partial charge in [-0.2, -0.15) is 0 Å². The maximum atomic E-state index is 12.0. The Morgan fingerprint density at radius 2 is 1.90 bits per heavy atom. The van der Waals surface area contributed by atoms with Gasteiger partial charge in [0, 0.05) is 18.5 Å². The number of nitrogens with two attached hydrogens (primary N) is 1. The molecular formula is C12H18N2O5S2. The number of Topliss-reactive ketones (excluding diaryl/α,β-unsaturated/α-hetero) is 1. The quantitative estimate of drug-likeness (QED) is 0.520. The second-order valence-electron chi connectivity index (χ2n) is 4.42. The highest BCUT2D eigenvalue weighted by Crippen LogP contribution is 2.13. The van der Waals surface area contributed by atoms with Crippen molar-refractivity contribution in [2.75, 3.05) is 12.3 Å². The molecule has 1 aromatic carbocycles. The van der Waals surface area contributed by atoms with Crippen molar-refractivity contribution in [2.45, 2.75) is 24.7 Å². The van der Waals surface area contributed by atoms with Crippen LogP contribution in [0.5, 0.6) is 0 Å². The van der Waals surface area contributed by atoms with E-state index < -0.39 is 20.0 Å². The highest BCUT2D eigenvalue weighted by molar-refractivity contribution is 7.89. The van der Waals surface area contributed by atoms with Crippen LogP contribution in [0.1, 0.15) is 30.1 Å². The summed E-state index contributed by atoms with van der Waals surface area (Å²) in [5, 5.41) is 4.82. The summed E-state index contributed by atoms with van der Waals surface area (Å²) in [6.07, 6.45) is 0.358. The van der Waals surface area contributed by atoms with E-state index in [9.17, 15) is 21.6 Å². The Morgan fingerprint density at radius 1 is 1.24 bits per heavy atom. The maximum absolute atomic E-state index is 12.0. The lowest BCUT2D eigenvalue weighted by Gasteiger charge is -2.07. The van der Waals surface area contributed by atoms with Crippen LogP contribution >= 0.6 is 0 Å². The highest BCUT2D eigenvalue weighted by atomic mass is 32.2. The van der Waals surface area contributed by atoms with Gasteiger partial charge in [-0.25, -0.2) is 26.7 Å². The monoisotopic (exact) mass is 334 g/mol. The minimum Gasteiger partial charge on any atom is -0.294 e. The molecule has 21 heavy (non-hydrogen) atoms. The molecule has 0 aliphatic rings. The van der Waals surface area contributed by atoms with Gasteiger partial charge in [0.2, 0.25) is 20.0 Å². The fourth-order valence-corrected chi connectivity index (χ4v) is 3.27. The first kappa shape index (κ1) is 17.8. The van der Waals surface area contributed by atoms with Crippen molar-refractivity contribution in [3.8, 4) is 0 Å². The number of ketones is 1. The van der Waals surface area contributed by atoms with Crippen LogP contribution in [0.25, 0.3) is 0 Å². The molecule has 118 valence electrons. The number of primary sulfonamides is 1. The van der Waals surface area contributed by atoms with Crippen LogP contribution < -0.4 is 9.86 Å². The molecule has 7 nitrogen and oxygen atoms in total. The number of rotatable bonds is 8. The average molecular weight is 334 g/mol. The maximum Gasteiger partial charge on any atom is 0.240 e. The van der Waals surface area contributed by atoms with E-state index in [0.29, 0.717) is 5.56 Å². The van der Waals surface area contributed by atoms with E-state index >= 15 is 0 Å². The Kier molecular flexibility index (Phi) is 6.02. The largest absolute Gasteiger partial charge is 0.294 e. The topological polar surface area (TPSA) is 123 Å². The summed E-state index contributed by atoms with van der Waals surface area (Å²) in [7, 11) is -7.39. The molecule has 9 heteroatoms. The molecule has 0 spiro atoms. The van der Waals surface area contributed by atoms with Gasteiger partial charge in [-0.15, -0.1) is 0 Å². The molecule has 0 amide bonds. The van der Waals surface area contributed by atoms with E-state index in [-0.39, 0.29) is 35.8 Å². The molecule has 0 bridgehead atoms. The number of hydrogen-bond acceptors (Lipinski definition) is 5. The molecule has 1 rings (SSSR count). The number of nitrogens with one attached hydrogen (secondary N) is 1. The predicted octanol–water partition coefficient (Wildman–Crippen LogP) is 0.236. The van der Waals surface area contributed by atoms with Crippen LogP contribution in [0.2, 0.25) is 0 Å². The second-order valence-corrected chi connectivity index (χ2v) is 7.92. The molecule has 0 saturated carbocycles. The van der Waals surface area contributed by atoms with E-state index in [1.54, 1.807) is 13.0 Å². The smallest absolute Gasteiger partial charge is 0.240 e. The van der Waals surface area contributed by atoms with Gasteiger partial charge in [0.25, 0.3) is 0 Å². The normalized spacial score (nSPS) is 12.3. The molecule has 0 aliphatic heterocycles. The van der Waals surface area contributed by atoms with Crippen molar-refractivity contribution in [1.82, 2.24) is 4.72 Å².